The summed E-state index contributed by atoms with van der Waals surface area (Å²) < 4.78 is 38.8. The second kappa shape index (κ2) is 8.17. The molecule has 10 heteroatoms. The van der Waals surface area contributed by atoms with Crippen LogP contribution in [0.4, 0.5) is 13.2 Å². The van der Waals surface area contributed by atoms with Crippen LogP contribution in [0.15, 0.2) is 24.3 Å². The van der Waals surface area contributed by atoms with Crippen LogP contribution in [0.2, 0.25) is 0 Å². The second-order valence-corrected chi connectivity index (χ2v) is 6.84. The van der Waals surface area contributed by atoms with Gasteiger partial charge in [-0.15, -0.1) is 0 Å². The van der Waals surface area contributed by atoms with E-state index < -0.39 is 17.8 Å². The predicted octanol–water partition coefficient (Wildman–Crippen LogP) is 0.354. The van der Waals surface area contributed by atoms with Crippen molar-refractivity contribution in [2.75, 3.05) is 32.7 Å². The quantitative estimate of drug-likeness (QED) is 0.767. The van der Waals surface area contributed by atoms with E-state index in [4.69, 9.17) is 0 Å². The molecule has 3 rings (SSSR count). The van der Waals surface area contributed by atoms with E-state index in [9.17, 15) is 27.6 Å². The van der Waals surface area contributed by atoms with Gasteiger partial charge in [-0.3, -0.25) is 19.3 Å². The zero-order valence-electron chi connectivity index (χ0n) is 15.1. The summed E-state index contributed by atoms with van der Waals surface area (Å²) >= 11 is 0. The summed E-state index contributed by atoms with van der Waals surface area (Å²) in [5.41, 5.74) is -0.335. The van der Waals surface area contributed by atoms with Crippen molar-refractivity contribution in [3.05, 3.63) is 35.4 Å². The number of nitrogens with one attached hydrogen (secondary N) is 2. The lowest BCUT2D eigenvalue weighted by molar-refractivity contribution is -0.142. The first-order valence-corrected chi connectivity index (χ1v) is 8.96. The molecule has 28 heavy (non-hydrogen) atoms. The van der Waals surface area contributed by atoms with Crippen LogP contribution >= 0.6 is 0 Å². The van der Waals surface area contributed by atoms with E-state index in [0.29, 0.717) is 31.7 Å². The number of hydrogen-bond donors (Lipinski definition) is 2. The van der Waals surface area contributed by atoms with Crippen LogP contribution in [0.3, 0.4) is 0 Å². The lowest BCUT2D eigenvalue weighted by Crippen LogP contribution is -2.57. The standard InChI is InChI=1S/C18H21F3N4O3/c19-18(20,21)13-3-1-2-12(8-13)10-24-6-5-23-17(28)14(24)9-16(27)25-7-4-22-15(26)11-25/h1-3,8,14H,4-7,9-11H2,(H,22,26)(H,23,28)/t14-/m1/s1. The zero-order valence-corrected chi connectivity index (χ0v) is 15.1. The van der Waals surface area contributed by atoms with Gasteiger partial charge in [-0.1, -0.05) is 18.2 Å². The number of carbonyl (C=O) groups is 3. The number of nitrogens with zero attached hydrogens (tertiary/aromatic N) is 2. The van der Waals surface area contributed by atoms with Gasteiger partial charge in [0.25, 0.3) is 0 Å². The van der Waals surface area contributed by atoms with Gasteiger partial charge in [0.15, 0.2) is 0 Å². The third-order valence-electron chi connectivity index (χ3n) is 4.84. The van der Waals surface area contributed by atoms with Gasteiger partial charge in [-0.05, 0) is 11.6 Å². The van der Waals surface area contributed by atoms with Gasteiger partial charge < -0.3 is 15.5 Å². The molecule has 2 heterocycles. The minimum absolute atomic E-state index is 0.0548. The monoisotopic (exact) mass is 398 g/mol. The van der Waals surface area contributed by atoms with Gasteiger partial charge in [0.2, 0.25) is 17.7 Å². The van der Waals surface area contributed by atoms with Crippen LogP contribution in [-0.2, 0) is 27.1 Å². The summed E-state index contributed by atoms with van der Waals surface area (Å²) in [5.74, 6) is -0.924. The fraction of sp³-hybridized carbons (Fsp3) is 0.500. The first kappa shape index (κ1) is 20.1. The maximum absolute atomic E-state index is 12.9. The van der Waals surface area contributed by atoms with E-state index >= 15 is 0 Å². The molecule has 7 nitrogen and oxygen atoms in total. The number of piperazine rings is 2. The van der Waals surface area contributed by atoms with Gasteiger partial charge in [-0.25, -0.2) is 0 Å². The molecule has 1 atom stereocenters. The molecule has 2 N–H and O–H groups in total. The molecule has 0 aliphatic carbocycles. The number of carbonyl (C=O) groups excluding carboxylic acids is 3. The average Bonchev–Trinajstić information content (AvgIpc) is 2.64. The molecular weight excluding hydrogens is 377 g/mol. The van der Waals surface area contributed by atoms with Gasteiger partial charge in [-0.2, -0.15) is 13.2 Å². The zero-order chi connectivity index (χ0) is 20.3. The first-order chi connectivity index (χ1) is 13.2. The molecule has 0 saturated carbocycles. The summed E-state index contributed by atoms with van der Waals surface area (Å²) in [6.07, 6.45) is -4.57. The molecular formula is C18H21F3N4O3. The Morgan fingerprint density at radius 3 is 2.61 bits per heavy atom. The van der Waals surface area contributed by atoms with Crippen LogP contribution < -0.4 is 10.6 Å². The Kier molecular flexibility index (Phi) is 5.87. The predicted molar refractivity (Wildman–Crippen MR) is 92.9 cm³/mol. The Hall–Kier alpha value is -2.62. The molecule has 152 valence electrons. The van der Waals surface area contributed by atoms with Gasteiger partial charge in [0, 0.05) is 32.7 Å². The highest BCUT2D eigenvalue weighted by molar-refractivity contribution is 5.91. The maximum Gasteiger partial charge on any atom is 0.416 e. The van der Waals surface area contributed by atoms with E-state index in [1.165, 1.54) is 11.0 Å². The minimum Gasteiger partial charge on any atom is -0.353 e. The molecule has 0 unspecified atom stereocenters. The third-order valence-corrected chi connectivity index (χ3v) is 4.84. The first-order valence-electron chi connectivity index (χ1n) is 8.96. The van der Waals surface area contributed by atoms with Crippen LogP contribution in [0.5, 0.6) is 0 Å². The van der Waals surface area contributed by atoms with Gasteiger partial charge in [0.1, 0.15) is 0 Å². The van der Waals surface area contributed by atoms with Crippen molar-refractivity contribution in [1.29, 1.82) is 0 Å². The van der Waals surface area contributed by atoms with Crippen LogP contribution in [0, 0.1) is 0 Å². The van der Waals surface area contributed by atoms with Gasteiger partial charge >= 0.3 is 6.18 Å². The van der Waals surface area contributed by atoms with Crippen molar-refractivity contribution in [3.8, 4) is 0 Å². The second-order valence-electron chi connectivity index (χ2n) is 6.84. The normalized spacial score (nSPS) is 21.2. The number of halogens is 3. The van der Waals surface area contributed by atoms with Gasteiger partial charge in [0.05, 0.1) is 24.6 Å². The van der Waals surface area contributed by atoms with Crippen LogP contribution in [-0.4, -0.2) is 66.3 Å². The number of amides is 3. The van der Waals surface area contributed by atoms with Crippen molar-refractivity contribution in [3.63, 3.8) is 0 Å². The maximum atomic E-state index is 12.9. The summed E-state index contributed by atoms with van der Waals surface area (Å²) in [4.78, 5) is 39.4. The molecule has 0 radical (unpaired) electrons. The highest BCUT2D eigenvalue weighted by atomic mass is 19.4. The van der Waals surface area contributed by atoms with Crippen LogP contribution in [0.1, 0.15) is 17.5 Å². The Labute approximate surface area is 159 Å². The molecule has 2 aliphatic rings. The van der Waals surface area contributed by atoms with E-state index in [1.807, 2.05) is 0 Å². The van der Waals surface area contributed by atoms with Crippen molar-refractivity contribution < 1.29 is 27.6 Å². The highest BCUT2D eigenvalue weighted by Crippen LogP contribution is 2.30. The fourth-order valence-electron chi connectivity index (χ4n) is 3.40. The SMILES string of the molecule is O=C1CN(C(=O)C[C@@H]2C(=O)NCCN2Cc2cccc(C(F)(F)F)c2)CCN1. The lowest BCUT2D eigenvalue weighted by Gasteiger charge is -2.36. The summed E-state index contributed by atoms with van der Waals surface area (Å²) in [6, 6.07) is 4.15. The van der Waals surface area contributed by atoms with Crippen molar-refractivity contribution >= 4 is 17.7 Å². The van der Waals surface area contributed by atoms with Crippen molar-refractivity contribution in [2.45, 2.75) is 25.2 Å². The summed E-state index contributed by atoms with van der Waals surface area (Å²) in [6.45, 7) is 1.56. The summed E-state index contributed by atoms with van der Waals surface area (Å²) in [7, 11) is 0. The van der Waals surface area contributed by atoms with Crippen LogP contribution in [0.25, 0.3) is 0 Å². The molecule has 1 aromatic carbocycles. The minimum atomic E-state index is -4.44. The Morgan fingerprint density at radius 2 is 1.89 bits per heavy atom. The topological polar surface area (TPSA) is 81.8 Å². The van der Waals surface area contributed by atoms with E-state index in [0.717, 1.165) is 12.1 Å². The largest absolute Gasteiger partial charge is 0.416 e. The Bertz CT molecular complexity index is 769. The molecule has 2 aliphatic heterocycles. The van der Waals surface area contributed by atoms with Crippen molar-refractivity contribution in [1.82, 2.24) is 20.4 Å². The number of rotatable bonds is 4. The molecule has 1 aromatic rings. The van der Waals surface area contributed by atoms with E-state index in [-0.39, 0.29) is 37.2 Å². The Balaban J connectivity index is 1.71. The lowest BCUT2D eigenvalue weighted by atomic mass is 10.0. The number of hydrogen-bond acceptors (Lipinski definition) is 4. The molecule has 2 saturated heterocycles. The van der Waals surface area contributed by atoms with Crippen molar-refractivity contribution in [2.24, 2.45) is 0 Å². The average molecular weight is 398 g/mol. The number of benzene rings is 1. The molecule has 0 bridgehead atoms. The smallest absolute Gasteiger partial charge is 0.353 e. The highest BCUT2D eigenvalue weighted by Gasteiger charge is 2.35. The molecule has 3 amide bonds. The van der Waals surface area contributed by atoms with E-state index in [2.05, 4.69) is 10.6 Å². The Morgan fingerprint density at radius 1 is 1.14 bits per heavy atom. The molecule has 0 spiro atoms. The molecule has 0 aromatic heterocycles. The fourth-order valence-corrected chi connectivity index (χ4v) is 3.40. The van der Waals surface area contributed by atoms with E-state index in [1.54, 1.807) is 11.0 Å². The summed E-state index contributed by atoms with van der Waals surface area (Å²) in [5, 5.41) is 5.31. The third kappa shape index (κ3) is 4.80. The molecule has 2 fully saturated rings. The number of alkyl halides is 3.